The van der Waals surface area contributed by atoms with E-state index >= 15 is 0 Å². The number of aryl methyl sites for hydroxylation is 4. The van der Waals surface area contributed by atoms with Crippen molar-refractivity contribution in [2.24, 2.45) is 0 Å². The highest BCUT2D eigenvalue weighted by molar-refractivity contribution is 5.64. The molecule has 0 aliphatic carbocycles. The normalized spacial score (nSPS) is 11.8. The van der Waals surface area contributed by atoms with Crippen LogP contribution in [0.2, 0.25) is 0 Å². The Morgan fingerprint density at radius 2 is 0.691 bits per heavy atom. The van der Waals surface area contributed by atoms with Crippen molar-refractivity contribution >= 4 is 0 Å². The number of benzene rings is 6. The van der Waals surface area contributed by atoms with Gasteiger partial charge >= 0.3 is 0 Å². The lowest BCUT2D eigenvalue weighted by molar-refractivity contribution is 0.263. The van der Waals surface area contributed by atoms with Gasteiger partial charge in [0.2, 0.25) is 0 Å². The quantitative estimate of drug-likeness (QED) is 0.131. The molecule has 7 rings (SSSR count). The highest BCUT2D eigenvalue weighted by atomic mass is 16.6. The molecule has 3 nitrogen and oxygen atoms in total. The van der Waals surface area contributed by atoms with Gasteiger partial charge in [0.25, 0.3) is 0 Å². The molecule has 1 heterocycles. The van der Waals surface area contributed by atoms with Crippen LogP contribution in [0, 0.1) is 0 Å². The van der Waals surface area contributed by atoms with Crippen molar-refractivity contribution in [3.63, 3.8) is 0 Å². The Morgan fingerprint density at radius 1 is 0.418 bits per heavy atom. The largest absolute Gasteiger partial charge is 0.497 e. The van der Waals surface area contributed by atoms with Crippen molar-refractivity contribution in [1.82, 2.24) is 0 Å². The molecule has 1 unspecified atom stereocenters. The van der Waals surface area contributed by atoms with Gasteiger partial charge in [-0.3, -0.25) is 0 Å². The Labute approximate surface area is 334 Å². The van der Waals surface area contributed by atoms with Crippen LogP contribution in [0.5, 0.6) is 11.5 Å². The molecular formula is C52H66O3. The molecule has 55 heavy (non-hydrogen) atoms. The topological polar surface area (TPSA) is 31.0 Å². The van der Waals surface area contributed by atoms with E-state index in [4.69, 9.17) is 14.2 Å². The van der Waals surface area contributed by atoms with Crippen LogP contribution in [0.1, 0.15) is 77.6 Å². The van der Waals surface area contributed by atoms with E-state index in [0.29, 0.717) is 12.7 Å². The summed E-state index contributed by atoms with van der Waals surface area (Å²) >= 11 is 0. The Bertz CT molecular complexity index is 1580. The second-order valence-corrected chi connectivity index (χ2v) is 12.3. The summed E-state index contributed by atoms with van der Waals surface area (Å²) in [6, 6.07) is 54.8. The van der Waals surface area contributed by atoms with E-state index in [0.717, 1.165) is 43.8 Å². The summed E-state index contributed by atoms with van der Waals surface area (Å²) < 4.78 is 15.3. The van der Waals surface area contributed by atoms with E-state index in [-0.39, 0.29) is 0 Å². The second kappa shape index (κ2) is 28.3. The molecule has 1 aliphatic heterocycles. The minimum Gasteiger partial charge on any atom is -0.497 e. The maximum Gasteiger partial charge on any atom is 0.119 e. The lowest BCUT2D eigenvalue weighted by Crippen LogP contribution is -2.03. The second-order valence-electron chi connectivity index (χ2n) is 12.3. The van der Waals surface area contributed by atoms with Crippen molar-refractivity contribution in [1.29, 1.82) is 0 Å². The Hall–Kier alpha value is -5.12. The fourth-order valence-electron chi connectivity index (χ4n) is 5.16. The lowest BCUT2D eigenvalue weighted by Gasteiger charge is -2.04. The molecule has 1 atom stereocenters. The van der Waals surface area contributed by atoms with Crippen LogP contribution in [-0.2, 0) is 30.4 Å². The SMILES string of the molecule is CC.CC.CCc1ccc(-c2ccc(CC)cc2)cc1.CCc1ccc(-c2ccc(CC)cc2)cc1.COc1ccccc1.c1ccc(OCC2CO2)cc1. The van der Waals surface area contributed by atoms with E-state index in [1.54, 1.807) is 7.11 Å². The van der Waals surface area contributed by atoms with Crippen molar-refractivity contribution in [3.05, 3.63) is 180 Å². The third kappa shape index (κ3) is 18.2. The third-order valence-corrected chi connectivity index (χ3v) is 8.68. The molecule has 1 aliphatic rings. The van der Waals surface area contributed by atoms with Crippen molar-refractivity contribution in [2.75, 3.05) is 20.3 Å². The monoisotopic (exact) mass is 739 g/mol. The van der Waals surface area contributed by atoms with E-state index in [1.165, 1.54) is 44.5 Å². The zero-order valence-corrected chi connectivity index (χ0v) is 35.1. The van der Waals surface area contributed by atoms with Gasteiger partial charge < -0.3 is 14.2 Å². The van der Waals surface area contributed by atoms with Crippen molar-refractivity contribution < 1.29 is 14.2 Å². The predicted molar refractivity (Wildman–Crippen MR) is 239 cm³/mol. The molecule has 6 aromatic rings. The van der Waals surface area contributed by atoms with Gasteiger partial charge in [0, 0.05) is 0 Å². The molecule has 6 aromatic carbocycles. The van der Waals surface area contributed by atoms with Gasteiger partial charge in [-0.15, -0.1) is 0 Å². The Kier molecular flexibility index (Phi) is 23.7. The molecular weight excluding hydrogens is 673 g/mol. The fraction of sp³-hybridized carbons (Fsp3) is 0.308. The van der Waals surface area contributed by atoms with Gasteiger partial charge in [0.15, 0.2) is 0 Å². The van der Waals surface area contributed by atoms with Crippen LogP contribution in [0.25, 0.3) is 22.3 Å². The molecule has 1 saturated heterocycles. The third-order valence-electron chi connectivity index (χ3n) is 8.68. The minimum absolute atomic E-state index is 0.343. The summed E-state index contributed by atoms with van der Waals surface area (Å²) in [6.07, 6.45) is 4.77. The van der Waals surface area contributed by atoms with Crippen LogP contribution >= 0.6 is 0 Å². The van der Waals surface area contributed by atoms with E-state index in [9.17, 15) is 0 Å². The molecule has 1 fully saturated rings. The summed E-state index contributed by atoms with van der Waals surface area (Å²) in [4.78, 5) is 0. The summed E-state index contributed by atoms with van der Waals surface area (Å²) in [6.45, 7) is 18.3. The van der Waals surface area contributed by atoms with Crippen molar-refractivity contribution in [3.8, 4) is 33.8 Å². The summed E-state index contributed by atoms with van der Waals surface area (Å²) in [5.41, 5.74) is 10.8. The predicted octanol–water partition coefficient (Wildman–Crippen LogP) is 14.2. The summed E-state index contributed by atoms with van der Waals surface area (Å²) in [5, 5.41) is 0. The first-order chi connectivity index (χ1) is 27.0. The summed E-state index contributed by atoms with van der Waals surface area (Å²) in [7, 11) is 1.66. The lowest BCUT2D eigenvalue weighted by atomic mass is 10.0. The van der Waals surface area contributed by atoms with Gasteiger partial charge in [-0.05, 0) is 94.5 Å². The number of rotatable bonds is 10. The van der Waals surface area contributed by atoms with E-state index in [2.05, 4.69) is 125 Å². The molecule has 0 amide bonds. The zero-order chi connectivity index (χ0) is 40.1. The molecule has 0 radical (unpaired) electrons. The van der Waals surface area contributed by atoms with Gasteiger partial charge in [-0.2, -0.15) is 0 Å². The molecule has 0 bridgehead atoms. The van der Waals surface area contributed by atoms with Gasteiger partial charge in [-0.1, -0.05) is 189 Å². The number of para-hydroxylation sites is 2. The van der Waals surface area contributed by atoms with E-state index < -0.39 is 0 Å². The van der Waals surface area contributed by atoms with Crippen LogP contribution in [-0.4, -0.2) is 26.4 Å². The molecule has 292 valence electrons. The first kappa shape index (κ1) is 46.0. The average Bonchev–Trinajstić information content (AvgIpc) is 4.13. The standard InChI is InChI=1S/2C16H18.C9H10O2.C7H8O.2C2H6/c2*1-3-13-5-9-15(10-6-13)16-11-7-14(4-2)8-12-16;1-2-4-8(5-3-1)10-6-9-7-11-9;1-8-7-5-3-2-4-6-7;2*1-2/h2*5-12H,3-4H2,1-2H3;1-5,9H,6-7H2;2-6H,1H3;2*1-2H3. The summed E-state index contributed by atoms with van der Waals surface area (Å²) in [5.74, 6) is 1.83. The molecule has 0 N–H and O–H groups in total. The molecule has 0 saturated carbocycles. The fourth-order valence-corrected chi connectivity index (χ4v) is 5.16. The first-order valence-corrected chi connectivity index (χ1v) is 20.3. The Balaban J connectivity index is 0.000000252. The number of hydrogen-bond acceptors (Lipinski definition) is 3. The highest BCUT2D eigenvalue weighted by Crippen LogP contribution is 2.22. The maximum absolute atomic E-state index is 5.40. The number of ether oxygens (including phenoxy) is 3. The van der Waals surface area contributed by atoms with Crippen LogP contribution in [0.15, 0.2) is 158 Å². The van der Waals surface area contributed by atoms with Gasteiger partial charge in [0.05, 0.1) is 13.7 Å². The Morgan fingerprint density at radius 3 is 0.909 bits per heavy atom. The van der Waals surface area contributed by atoms with Gasteiger partial charge in [0.1, 0.15) is 24.2 Å². The van der Waals surface area contributed by atoms with Gasteiger partial charge in [-0.25, -0.2) is 0 Å². The average molecular weight is 739 g/mol. The molecule has 0 aromatic heterocycles. The number of hydrogen-bond donors (Lipinski definition) is 0. The van der Waals surface area contributed by atoms with E-state index in [1.807, 2.05) is 88.4 Å². The first-order valence-electron chi connectivity index (χ1n) is 20.3. The molecule has 0 spiro atoms. The minimum atomic E-state index is 0.343. The van der Waals surface area contributed by atoms with Crippen molar-refractivity contribution in [2.45, 2.75) is 87.2 Å². The van der Waals surface area contributed by atoms with Crippen LogP contribution in [0.4, 0.5) is 0 Å². The number of methoxy groups -OCH3 is 1. The highest BCUT2D eigenvalue weighted by Gasteiger charge is 2.22. The maximum atomic E-state index is 5.40. The smallest absolute Gasteiger partial charge is 0.119 e. The zero-order valence-electron chi connectivity index (χ0n) is 35.1. The van der Waals surface area contributed by atoms with Crippen LogP contribution < -0.4 is 9.47 Å². The molecule has 3 heteroatoms. The van der Waals surface area contributed by atoms with Crippen LogP contribution in [0.3, 0.4) is 0 Å². The number of epoxide rings is 1.